The van der Waals surface area contributed by atoms with Gasteiger partial charge in [0.15, 0.2) is 5.03 Å². The number of fused-ring (bicyclic) bond motifs is 1. The van der Waals surface area contributed by atoms with Crippen molar-refractivity contribution in [1.82, 2.24) is 9.71 Å². The molecule has 1 atom stereocenters. The van der Waals surface area contributed by atoms with Crippen molar-refractivity contribution in [3.05, 3.63) is 59.8 Å². The van der Waals surface area contributed by atoms with Crippen LogP contribution in [0.25, 0.3) is 0 Å². The number of rotatable bonds is 4. The fraction of sp³-hybridized carbons (Fsp3) is 0.312. The van der Waals surface area contributed by atoms with Crippen LogP contribution >= 0.6 is 0 Å². The van der Waals surface area contributed by atoms with Gasteiger partial charge in [0.25, 0.3) is 10.0 Å². The molecule has 1 aliphatic carbocycles. The number of pyridine rings is 1. The van der Waals surface area contributed by atoms with Crippen molar-refractivity contribution < 1.29 is 13.5 Å². The average Bonchev–Trinajstić information content (AvgIpc) is 2.55. The Morgan fingerprint density at radius 3 is 2.73 bits per heavy atom. The Balaban J connectivity index is 1.82. The molecule has 1 heterocycles. The Morgan fingerprint density at radius 2 is 1.95 bits per heavy atom. The minimum Gasteiger partial charge on any atom is -0.384 e. The number of hydrogen-bond acceptors (Lipinski definition) is 4. The standard InChI is InChI=1S/C16H18N2O3S/c19-16(10-5-7-13-6-1-2-8-14(13)16)12-18-22(20,21)15-9-3-4-11-17-15/h1-4,6,8-9,11,18-19H,5,7,10,12H2. The van der Waals surface area contributed by atoms with Crippen molar-refractivity contribution in [2.75, 3.05) is 6.54 Å². The van der Waals surface area contributed by atoms with Crippen molar-refractivity contribution in [3.63, 3.8) is 0 Å². The van der Waals surface area contributed by atoms with Gasteiger partial charge in [-0.05, 0) is 42.5 Å². The molecule has 0 radical (unpaired) electrons. The van der Waals surface area contributed by atoms with Gasteiger partial charge >= 0.3 is 0 Å². The summed E-state index contributed by atoms with van der Waals surface area (Å²) in [5.74, 6) is 0. The van der Waals surface area contributed by atoms with Crippen LogP contribution in [0.1, 0.15) is 24.0 Å². The van der Waals surface area contributed by atoms with Gasteiger partial charge in [0.2, 0.25) is 0 Å². The van der Waals surface area contributed by atoms with Crippen LogP contribution in [-0.4, -0.2) is 25.1 Å². The molecule has 0 spiro atoms. The molecule has 6 heteroatoms. The largest absolute Gasteiger partial charge is 0.384 e. The van der Waals surface area contributed by atoms with Crippen molar-refractivity contribution in [2.24, 2.45) is 0 Å². The van der Waals surface area contributed by atoms with E-state index < -0.39 is 15.6 Å². The molecule has 0 fully saturated rings. The molecule has 1 aromatic carbocycles. The second-order valence-corrected chi connectivity index (χ2v) is 7.25. The Morgan fingerprint density at radius 1 is 1.18 bits per heavy atom. The quantitative estimate of drug-likeness (QED) is 0.897. The second-order valence-electron chi connectivity index (χ2n) is 5.53. The molecule has 2 aromatic rings. The number of nitrogens with zero attached hydrogens (tertiary/aromatic N) is 1. The molecule has 0 amide bonds. The van der Waals surface area contributed by atoms with E-state index in [0.29, 0.717) is 6.42 Å². The summed E-state index contributed by atoms with van der Waals surface area (Å²) in [6.45, 7) is -0.0527. The van der Waals surface area contributed by atoms with E-state index in [-0.39, 0.29) is 11.6 Å². The van der Waals surface area contributed by atoms with Crippen molar-refractivity contribution >= 4 is 10.0 Å². The van der Waals surface area contributed by atoms with E-state index in [1.807, 2.05) is 24.3 Å². The third-order valence-electron chi connectivity index (χ3n) is 4.02. The van der Waals surface area contributed by atoms with Crippen LogP contribution in [-0.2, 0) is 22.0 Å². The first-order valence-corrected chi connectivity index (χ1v) is 8.71. The highest BCUT2D eigenvalue weighted by molar-refractivity contribution is 7.89. The first kappa shape index (κ1) is 15.1. The fourth-order valence-corrected chi connectivity index (χ4v) is 3.91. The third kappa shape index (κ3) is 2.90. The van der Waals surface area contributed by atoms with Crippen molar-refractivity contribution in [3.8, 4) is 0 Å². The number of aliphatic hydroxyl groups is 1. The Hall–Kier alpha value is -1.76. The molecule has 0 saturated heterocycles. The van der Waals surface area contributed by atoms with Crippen LogP contribution in [0, 0.1) is 0 Å². The molecule has 3 rings (SSSR count). The number of aryl methyl sites for hydroxylation is 1. The zero-order chi connectivity index (χ0) is 15.6. The van der Waals surface area contributed by atoms with E-state index in [2.05, 4.69) is 9.71 Å². The predicted octanol–water partition coefficient (Wildman–Crippen LogP) is 1.58. The van der Waals surface area contributed by atoms with Crippen LogP contribution in [0.3, 0.4) is 0 Å². The van der Waals surface area contributed by atoms with Crippen LogP contribution in [0.5, 0.6) is 0 Å². The number of sulfonamides is 1. The molecule has 1 unspecified atom stereocenters. The summed E-state index contributed by atoms with van der Waals surface area (Å²) >= 11 is 0. The fourth-order valence-electron chi connectivity index (χ4n) is 2.88. The van der Waals surface area contributed by atoms with Gasteiger partial charge in [-0.3, -0.25) is 0 Å². The number of benzene rings is 1. The summed E-state index contributed by atoms with van der Waals surface area (Å²) in [6.07, 6.45) is 3.71. The molecule has 1 aromatic heterocycles. The molecular weight excluding hydrogens is 300 g/mol. The van der Waals surface area contributed by atoms with Crippen LogP contribution in [0.2, 0.25) is 0 Å². The third-order valence-corrected chi connectivity index (χ3v) is 5.34. The van der Waals surface area contributed by atoms with E-state index in [1.165, 1.54) is 12.3 Å². The zero-order valence-electron chi connectivity index (χ0n) is 12.1. The van der Waals surface area contributed by atoms with Crippen molar-refractivity contribution in [1.29, 1.82) is 0 Å². The zero-order valence-corrected chi connectivity index (χ0v) is 12.9. The van der Waals surface area contributed by atoms with Crippen LogP contribution in [0.15, 0.2) is 53.7 Å². The monoisotopic (exact) mass is 318 g/mol. The number of nitrogens with one attached hydrogen (secondary N) is 1. The highest BCUT2D eigenvalue weighted by Gasteiger charge is 2.35. The van der Waals surface area contributed by atoms with Gasteiger partial charge in [0, 0.05) is 12.7 Å². The van der Waals surface area contributed by atoms with E-state index >= 15 is 0 Å². The minimum absolute atomic E-state index is 0.0392. The Bertz CT molecular complexity index is 762. The maximum Gasteiger partial charge on any atom is 0.258 e. The highest BCUT2D eigenvalue weighted by atomic mass is 32.2. The SMILES string of the molecule is O=S(=O)(NCC1(O)CCCc2ccccc21)c1ccccn1. The second kappa shape index (κ2) is 5.79. The lowest BCUT2D eigenvalue weighted by Crippen LogP contribution is -2.43. The molecule has 1 aliphatic rings. The van der Waals surface area contributed by atoms with Crippen LogP contribution < -0.4 is 4.72 Å². The highest BCUT2D eigenvalue weighted by Crippen LogP contribution is 2.34. The Labute approximate surface area is 130 Å². The topological polar surface area (TPSA) is 79.3 Å². The summed E-state index contributed by atoms with van der Waals surface area (Å²) in [7, 11) is -3.72. The molecule has 2 N–H and O–H groups in total. The van der Waals surface area contributed by atoms with Gasteiger partial charge in [-0.1, -0.05) is 30.3 Å². The molecule has 0 bridgehead atoms. The minimum atomic E-state index is -3.72. The van der Waals surface area contributed by atoms with Gasteiger partial charge in [0.05, 0.1) is 0 Å². The first-order valence-electron chi connectivity index (χ1n) is 7.23. The molecule has 5 nitrogen and oxygen atoms in total. The average molecular weight is 318 g/mol. The van der Waals surface area contributed by atoms with E-state index in [1.54, 1.807) is 12.1 Å². The number of hydrogen-bond donors (Lipinski definition) is 2. The summed E-state index contributed by atoms with van der Waals surface area (Å²) in [4.78, 5) is 3.85. The van der Waals surface area contributed by atoms with Crippen molar-refractivity contribution in [2.45, 2.75) is 29.9 Å². The maximum absolute atomic E-state index is 12.2. The lowest BCUT2D eigenvalue weighted by atomic mass is 9.79. The predicted molar refractivity (Wildman–Crippen MR) is 82.7 cm³/mol. The number of aromatic nitrogens is 1. The van der Waals surface area contributed by atoms with E-state index in [0.717, 1.165) is 24.0 Å². The van der Waals surface area contributed by atoms with Gasteiger partial charge < -0.3 is 5.11 Å². The van der Waals surface area contributed by atoms with Gasteiger partial charge in [-0.25, -0.2) is 18.1 Å². The molecule has 0 saturated carbocycles. The first-order chi connectivity index (χ1) is 10.5. The molecular formula is C16H18N2O3S. The van der Waals surface area contributed by atoms with Crippen LogP contribution in [0.4, 0.5) is 0 Å². The van der Waals surface area contributed by atoms with Gasteiger partial charge in [0.1, 0.15) is 5.60 Å². The summed E-state index contributed by atoms with van der Waals surface area (Å²) in [6, 6.07) is 12.3. The summed E-state index contributed by atoms with van der Waals surface area (Å²) < 4.78 is 27.0. The maximum atomic E-state index is 12.2. The molecule has 22 heavy (non-hydrogen) atoms. The Kier molecular flexibility index (Phi) is 3.99. The lowest BCUT2D eigenvalue weighted by Gasteiger charge is -2.34. The van der Waals surface area contributed by atoms with E-state index in [9.17, 15) is 13.5 Å². The lowest BCUT2D eigenvalue weighted by molar-refractivity contribution is 0.0243. The summed E-state index contributed by atoms with van der Waals surface area (Å²) in [5.41, 5.74) is 0.717. The van der Waals surface area contributed by atoms with E-state index in [4.69, 9.17) is 0 Å². The molecule has 116 valence electrons. The van der Waals surface area contributed by atoms with Gasteiger partial charge in [-0.2, -0.15) is 0 Å². The summed E-state index contributed by atoms with van der Waals surface area (Å²) in [5, 5.41) is 10.8. The molecule has 0 aliphatic heterocycles. The normalized spacial score (nSPS) is 21.3. The smallest absolute Gasteiger partial charge is 0.258 e. The van der Waals surface area contributed by atoms with Gasteiger partial charge in [-0.15, -0.1) is 0 Å².